The third-order valence-electron chi connectivity index (χ3n) is 3.49. The van der Waals surface area contributed by atoms with Crippen LogP contribution in [-0.4, -0.2) is 37.7 Å². The number of carbonyl (C=O) groups is 1. The lowest BCUT2D eigenvalue weighted by Gasteiger charge is -2.33. The largest absolute Gasteiger partial charge is 0.465 e. The molecule has 0 atom stereocenters. The molecule has 2 rings (SSSR count). The van der Waals surface area contributed by atoms with E-state index < -0.39 is 0 Å². The first-order valence-electron chi connectivity index (χ1n) is 6.34. The van der Waals surface area contributed by atoms with Gasteiger partial charge in [0.2, 0.25) is 0 Å². The minimum absolute atomic E-state index is 0.357. The van der Waals surface area contributed by atoms with Crippen molar-refractivity contribution >= 4 is 27.7 Å². The number of rotatable bonds is 3. The highest BCUT2D eigenvalue weighted by atomic mass is 79.9. The SMILES string of the molecule is COC(=O)c1cc(Br)cnc1N1CCC(CN)CC1. The highest BCUT2D eigenvalue weighted by Gasteiger charge is 2.23. The lowest BCUT2D eigenvalue weighted by atomic mass is 9.97. The first-order valence-corrected chi connectivity index (χ1v) is 7.14. The molecular formula is C13H18BrN3O2. The molecule has 1 saturated heterocycles. The summed E-state index contributed by atoms with van der Waals surface area (Å²) in [6, 6.07) is 1.75. The fourth-order valence-corrected chi connectivity index (χ4v) is 2.66. The molecule has 1 aromatic heterocycles. The predicted octanol–water partition coefficient (Wildman–Crippen LogP) is 1.81. The number of methoxy groups -OCH3 is 1. The van der Waals surface area contributed by atoms with E-state index in [9.17, 15) is 4.79 Å². The van der Waals surface area contributed by atoms with E-state index in [1.165, 1.54) is 7.11 Å². The van der Waals surface area contributed by atoms with Crippen LogP contribution in [0.25, 0.3) is 0 Å². The molecule has 0 amide bonds. The van der Waals surface area contributed by atoms with Crippen LogP contribution in [0.2, 0.25) is 0 Å². The van der Waals surface area contributed by atoms with Crippen molar-refractivity contribution < 1.29 is 9.53 Å². The molecule has 0 bridgehead atoms. The standard InChI is InChI=1S/C13H18BrN3O2/c1-19-13(18)11-6-10(14)8-16-12(11)17-4-2-9(7-15)3-5-17/h6,8-9H,2-5,7,15H2,1H3. The number of ether oxygens (including phenoxy) is 1. The lowest BCUT2D eigenvalue weighted by molar-refractivity contribution is 0.0601. The van der Waals surface area contributed by atoms with Gasteiger partial charge in [-0.1, -0.05) is 0 Å². The fourth-order valence-electron chi connectivity index (χ4n) is 2.32. The molecule has 0 spiro atoms. The van der Waals surface area contributed by atoms with E-state index in [1.807, 2.05) is 0 Å². The van der Waals surface area contributed by atoms with Gasteiger partial charge in [0.05, 0.1) is 7.11 Å². The van der Waals surface area contributed by atoms with E-state index in [2.05, 4.69) is 25.8 Å². The number of nitrogens with zero attached hydrogens (tertiary/aromatic N) is 2. The molecule has 0 radical (unpaired) electrons. The molecule has 0 saturated carbocycles. The predicted molar refractivity (Wildman–Crippen MR) is 77.3 cm³/mol. The van der Waals surface area contributed by atoms with Crippen molar-refractivity contribution in [2.45, 2.75) is 12.8 Å². The second-order valence-corrected chi connectivity index (χ2v) is 5.60. The van der Waals surface area contributed by atoms with Gasteiger partial charge in [0.15, 0.2) is 0 Å². The Bertz CT molecular complexity index is 459. The fraction of sp³-hybridized carbons (Fsp3) is 0.538. The quantitative estimate of drug-likeness (QED) is 0.857. The summed E-state index contributed by atoms with van der Waals surface area (Å²) in [5, 5.41) is 0. The zero-order valence-corrected chi connectivity index (χ0v) is 12.5. The van der Waals surface area contributed by atoms with Crippen LogP contribution in [0.5, 0.6) is 0 Å². The highest BCUT2D eigenvalue weighted by molar-refractivity contribution is 9.10. The van der Waals surface area contributed by atoms with Crippen molar-refractivity contribution in [1.29, 1.82) is 0 Å². The number of hydrogen-bond acceptors (Lipinski definition) is 5. The number of aromatic nitrogens is 1. The van der Waals surface area contributed by atoms with Crippen LogP contribution in [0.1, 0.15) is 23.2 Å². The van der Waals surface area contributed by atoms with E-state index in [4.69, 9.17) is 10.5 Å². The smallest absolute Gasteiger partial charge is 0.341 e. The van der Waals surface area contributed by atoms with Gasteiger partial charge in [-0.15, -0.1) is 0 Å². The van der Waals surface area contributed by atoms with E-state index >= 15 is 0 Å². The van der Waals surface area contributed by atoms with Crippen molar-refractivity contribution in [1.82, 2.24) is 4.98 Å². The van der Waals surface area contributed by atoms with Crippen molar-refractivity contribution in [2.24, 2.45) is 11.7 Å². The van der Waals surface area contributed by atoms with Gasteiger partial charge in [-0.2, -0.15) is 0 Å². The molecule has 2 N–H and O–H groups in total. The molecule has 19 heavy (non-hydrogen) atoms. The maximum absolute atomic E-state index is 11.8. The molecule has 6 heteroatoms. The van der Waals surface area contributed by atoms with Crippen LogP contribution in [0.4, 0.5) is 5.82 Å². The van der Waals surface area contributed by atoms with Crippen LogP contribution in [0, 0.1) is 5.92 Å². The number of pyridine rings is 1. The van der Waals surface area contributed by atoms with Crippen molar-refractivity contribution in [3.05, 3.63) is 22.3 Å². The van der Waals surface area contributed by atoms with Crippen molar-refractivity contribution in [3.63, 3.8) is 0 Å². The Morgan fingerprint density at radius 2 is 2.26 bits per heavy atom. The number of esters is 1. The second kappa shape index (κ2) is 6.34. The van der Waals surface area contributed by atoms with Crippen LogP contribution in [0.3, 0.4) is 0 Å². The van der Waals surface area contributed by atoms with Gasteiger partial charge in [-0.25, -0.2) is 9.78 Å². The summed E-state index contributed by atoms with van der Waals surface area (Å²) < 4.78 is 5.59. The zero-order valence-electron chi connectivity index (χ0n) is 10.9. The molecular weight excluding hydrogens is 310 g/mol. The van der Waals surface area contributed by atoms with Crippen molar-refractivity contribution in [2.75, 3.05) is 31.6 Å². The summed E-state index contributed by atoms with van der Waals surface area (Å²) in [7, 11) is 1.38. The summed E-state index contributed by atoms with van der Waals surface area (Å²) in [6.45, 7) is 2.48. The first-order chi connectivity index (χ1) is 9.15. The lowest BCUT2D eigenvalue weighted by Crippen LogP contribution is -2.37. The summed E-state index contributed by atoms with van der Waals surface area (Å²) in [6.07, 6.45) is 3.78. The topological polar surface area (TPSA) is 68.5 Å². The van der Waals surface area contributed by atoms with Gasteiger partial charge in [0, 0.05) is 23.8 Å². The molecule has 1 aliphatic heterocycles. The van der Waals surface area contributed by atoms with Gasteiger partial charge in [-0.3, -0.25) is 0 Å². The van der Waals surface area contributed by atoms with Crippen LogP contribution >= 0.6 is 15.9 Å². The number of anilines is 1. The number of piperidine rings is 1. The number of nitrogens with two attached hydrogens (primary N) is 1. The van der Waals surface area contributed by atoms with E-state index in [-0.39, 0.29) is 5.97 Å². The van der Waals surface area contributed by atoms with E-state index in [0.29, 0.717) is 17.3 Å². The molecule has 1 aromatic rings. The molecule has 2 heterocycles. The third kappa shape index (κ3) is 3.25. The summed E-state index contributed by atoms with van der Waals surface area (Å²) in [4.78, 5) is 18.3. The molecule has 104 valence electrons. The summed E-state index contributed by atoms with van der Waals surface area (Å²) in [5.74, 6) is 0.920. The maximum Gasteiger partial charge on any atom is 0.341 e. The molecule has 1 fully saturated rings. The molecule has 0 aliphatic carbocycles. The number of halogens is 1. The number of carbonyl (C=O) groups excluding carboxylic acids is 1. The molecule has 0 unspecified atom stereocenters. The molecule has 0 aromatic carbocycles. The van der Waals surface area contributed by atoms with Gasteiger partial charge < -0.3 is 15.4 Å². The monoisotopic (exact) mass is 327 g/mol. The van der Waals surface area contributed by atoms with E-state index in [0.717, 1.165) is 36.9 Å². The average molecular weight is 328 g/mol. The second-order valence-electron chi connectivity index (χ2n) is 4.68. The van der Waals surface area contributed by atoms with Gasteiger partial charge in [0.1, 0.15) is 11.4 Å². The van der Waals surface area contributed by atoms with Gasteiger partial charge >= 0.3 is 5.97 Å². The Labute approximate surface area is 121 Å². The Morgan fingerprint density at radius 3 is 2.84 bits per heavy atom. The Morgan fingerprint density at radius 1 is 1.58 bits per heavy atom. The highest BCUT2D eigenvalue weighted by Crippen LogP contribution is 2.26. The Hall–Kier alpha value is -1.14. The van der Waals surface area contributed by atoms with E-state index in [1.54, 1.807) is 12.3 Å². The van der Waals surface area contributed by atoms with Gasteiger partial charge in [0.25, 0.3) is 0 Å². The maximum atomic E-state index is 11.8. The summed E-state index contributed by atoms with van der Waals surface area (Å²) in [5.41, 5.74) is 6.20. The van der Waals surface area contributed by atoms with Crippen LogP contribution < -0.4 is 10.6 Å². The molecule has 5 nitrogen and oxygen atoms in total. The van der Waals surface area contributed by atoms with Crippen LogP contribution in [-0.2, 0) is 4.74 Å². The van der Waals surface area contributed by atoms with Gasteiger partial charge in [-0.05, 0) is 47.3 Å². The van der Waals surface area contributed by atoms with Crippen molar-refractivity contribution in [3.8, 4) is 0 Å². The zero-order chi connectivity index (χ0) is 13.8. The van der Waals surface area contributed by atoms with Crippen LogP contribution in [0.15, 0.2) is 16.7 Å². The number of hydrogen-bond donors (Lipinski definition) is 1. The Balaban J connectivity index is 2.22. The normalized spacial score (nSPS) is 16.5. The minimum atomic E-state index is -0.357. The third-order valence-corrected chi connectivity index (χ3v) is 3.92. The summed E-state index contributed by atoms with van der Waals surface area (Å²) >= 11 is 3.33. The minimum Gasteiger partial charge on any atom is -0.465 e. The Kier molecular flexibility index (Phi) is 4.76. The average Bonchev–Trinajstić information content (AvgIpc) is 2.46. The molecule has 1 aliphatic rings. The first kappa shape index (κ1) is 14.3.